The van der Waals surface area contributed by atoms with Crippen molar-refractivity contribution in [3.63, 3.8) is 0 Å². The maximum atomic E-state index is 14.4. The molecule has 0 aliphatic heterocycles. The number of halogens is 1. The molecular weight excluding hydrogens is 367 g/mol. The molecule has 0 atom stereocenters. The summed E-state index contributed by atoms with van der Waals surface area (Å²) in [7, 11) is 0. The fraction of sp³-hybridized carbons (Fsp3) is 0.300. The van der Waals surface area contributed by atoms with Gasteiger partial charge in [0.2, 0.25) is 0 Å². The van der Waals surface area contributed by atoms with E-state index in [-0.39, 0.29) is 29.4 Å². The minimum absolute atomic E-state index is 0.0628. The van der Waals surface area contributed by atoms with E-state index < -0.39 is 17.8 Å². The molecule has 8 heteroatoms. The number of hydrogen-bond donors (Lipinski definition) is 3. The van der Waals surface area contributed by atoms with Crippen LogP contribution in [0.1, 0.15) is 36.2 Å². The first-order valence-electron chi connectivity index (χ1n) is 8.74. The van der Waals surface area contributed by atoms with Crippen molar-refractivity contribution in [3.8, 4) is 17.2 Å². The highest BCUT2D eigenvalue weighted by Gasteiger charge is 2.15. The topological polar surface area (TPSA) is 113 Å². The van der Waals surface area contributed by atoms with Crippen LogP contribution in [0, 0.1) is 11.7 Å². The van der Waals surface area contributed by atoms with Gasteiger partial charge < -0.3 is 25.6 Å². The number of benzene rings is 2. The molecular formula is C20H23FN2O5. The monoisotopic (exact) mass is 390 g/mol. The largest absolute Gasteiger partial charge is 0.507 e. The number of primary amides is 1. The number of carbonyl (C=O) groups is 2. The van der Waals surface area contributed by atoms with Gasteiger partial charge in [0, 0.05) is 19.2 Å². The highest BCUT2D eigenvalue weighted by atomic mass is 19.1. The smallest absolute Gasteiger partial charge is 0.407 e. The Hall–Kier alpha value is -3.29. The molecule has 0 unspecified atom stereocenters. The molecule has 0 aromatic heterocycles. The zero-order valence-electron chi connectivity index (χ0n) is 15.7. The van der Waals surface area contributed by atoms with Gasteiger partial charge in [0.25, 0.3) is 5.91 Å². The molecule has 0 spiro atoms. The molecule has 2 aromatic carbocycles. The van der Waals surface area contributed by atoms with E-state index in [1.54, 1.807) is 6.07 Å². The van der Waals surface area contributed by atoms with Crippen molar-refractivity contribution >= 4 is 12.0 Å². The third-order valence-corrected chi connectivity index (χ3v) is 4.08. The summed E-state index contributed by atoms with van der Waals surface area (Å²) in [6.45, 7) is 4.42. The van der Waals surface area contributed by atoms with Crippen molar-refractivity contribution in [2.75, 3.05) is 6.54 Å². The Labute approximate surface area is 162 Å². The van der Waals surface area contributed by atoms with Crippen molar-refractivity contribution in [1.82, 2.24) is 4.90 Å². The molecule has 4 N–H and O–H groups in total. The molecule has 0 saturated heterocycles. The number of phenols is 1. The molecule has 2 amide bonds. The van der Waals surface area contributed by atoms with Gasteiger partial charge in [-0.25, -0.2) is 9.18 Å². The molecule has 0 aliphatic rings. The molecule has 0 saturated carbocycles. The average Bonchev–Trinajstić information content (AvgIpc) is 2.60. The molecule has 28 heavy (non-hydrogen) atoms. The van der Waals surface area contributed by atoms with Crippen molar-refractivity contribution < 1.29 is 28.9 Å². The maximum Gasteiger partial charge on any atom is 0.407 e. The summed E-state index contributed by atoms with van der Waals surface area (Å²) in [4.78, 5) is 23.7. The van der Waals surface area contributed by atoms with Gasteiger partial charge in [0.15, 0.2) is 11.6 Å². The second-order valence-corrected chi connectivity index (χ2v) is 6.80. The Kier molecular flexibility index (Phi) is 6.81. The standard InChI is InChI=1S/C20H23FN2O5/c1-12(2)7-8-23(20(26)27)11-13-3-6-18(16(21)9-13)28-14-4-5-15(19(22)25)17(24)10-14/h3-6,9-10,12,24H,7-8,11H2,1-2H3,(H2,22,25)(H,26,27). The number of aromatic hydroxyl groups is 1. The van der Waals surface area contributed by atoms with Gasteiger partial charge >= 0.3 is 6.09 Å². The Morgan fingerprint density at radius 3 is 2.46 bits per heavy atom. The Morgan fingerprint density at radius 1 is 1.21 bits per heavy atom. The molecule has 0 fully saturated rings. The highest BCUT2D eigenvalue weighted by Crippen LogP contribution is 2.29. The van der Waals surface area contributed by atoms with Gasteiger partial charge in [-0.2, -0.15) is 0 Å². The number of hydrogen-bond acceptors (Lipinski definition) is 4. The normalized spacial score (nSPS) is 10.7. The van der Waals surface area contributed by atoms with Crippen LogP contribution < -0.4 is 10.5 Å². The molecule has 0 aliphatic carbocycles. The lowest BCUT2D eigenvalue weighted by Gasteiger charge is -2.20. The molecule has 150 valence electrons. The molecule has 2 aromatic rings. The SMILES string of the molecule is CC(C)CCN(Cc1ccc(Oc2ccc(C(N)=O)c(O)c2)c(F)c1)C(=O)O. The summed E-state index contributed by atoms with van der Waals surface area (Å²) in [5.41, 5.74) is 5.53. The van der Waals surface area contributed by atoms with Gasteiger partial charge in [0.1, 0.15) is 11.5 Å². The van der Waals surface area contributed by atoms with E-state index in [4.69, 9.17) is 10.5 Å². The number of nitrogens with zero attached hydrogens (tertiary/aromatic N) is 1. The van der Waals surface area contributed by atoms with Crippen LogP contribution in [0.15, 0.2) is 36.4 Å². The minimum atomic E-state index is -1.06. The van der Waals surface area contributed by atoms with Crippen molar-refractivity contribution in [2.45, 2.75) is 26.8 Å². The second kappa shape index (κ2) is 9.07. The van der Waals surface area contributed by atoms with Crippen LogP contribution in [0.25, 0.3) is 0 Å². The lowest BCUT2D eigenvalue weighted by Crippen LogP contribution is -2.30. The van der Waals surface area contributed by atoms with Gasteiger partial charge in [-0.3, -0.25) is 4.79 Å². The Bertz CT molecular complexity index is 870. The van der Waals surface area contributed by atoms with Crippen molar-refractivity contribution in [1.29, 1.82) is 0 Å². The van der Waals surface area contributed by atoms with Crippen LogP contribution in [0.4, 0.5) is 9.18 Å². The molecule has 7 nitrogen and oxygen atoms in total. The van der Waals surface area contributed by atoms with E-state index in [2.05, 4.69) is 0 Å². The summed E-state index contributed by atoms with van der Waals surface area (Å²) in [6.07, 6.45) is -0.354. The van der Waals surface area contributed by atoms with Crippen LogP contribution >= 0.6 is 0 Å². The van der Waals surface area contributed by atoms with Crippen LogP contribution in [-0.4, -0.2) is 33.7 Å². The molecule has 0 bridgehead atoms. The average molecular weight is 390 g/mol. The van der Waals surface area contributed by atoms with E-state index >= 15 is 0 Å². The highest BCUT2D eigenvalue weighted by molar-refractivity contribution is 5.95. The Morgan fingerprint density at radius 2 is 1.93 bits per heavy atom. The first kappa shape index (κ1) is 21.0. The third-order valence-electron chi connectivity index (χ3n) is 4.08. The number of ether oxygens (including phenoxy) is 1. The summed E-state index contributed by atoms with van der Waals surface area (Å²) in [6, 6.07) is 7.97. The summed E-state index contributed by atoms with van der Waals surface area (Å²) in [5, 5.41) is 19.1. The summed E-state index contributed by atoms with van der Waals surface area (Å²) < 4.78 is 19.8. The lowest BCUT2D eigenvalue weighted by atomic mass is 10.1. The Balaban J connectivity index is 2.12. The van der Waals surface area contributed by atoms with Crippen LogP contribution in [0.5, 0.6) is 17.2 Å². The van der Waals surface area contributed by atoms with E-state index in [0.29, 0.717) is 24.4 Å². The van der Waals surface area contributed by atoms with Gasteiger partial charge in [0.05, 0.1) is 5.56 Å². The first-order valence-corrected chi connectivity index (χ1v) is 8.74. The number of amides is 2. The number of nitrogens with two attached hydrogens (primary N) is 1. The van der Waals surface area contributed by atoms with Gasteiger partial charge in [-0.15, -0.1) is 0 Å². The van der Waals surface area contributed by atoms with Crippen LogP contribution in [-0.2, 0) is 6.54 Å². The van der Waals surface area contributed by atoms with Crippen molar-refractivity contribution in [2.24, 2.45) is 11.7 Å². The summed E-state index contributed by atoms with van der Waals surface area (Å²) >= 11 is 0. The van der Waals surface area contributed by atoms with Crippen molar-refractivity contribution in [3.05, 3.63) is 53.3 Å². The quantitative estimate of drug-likeness (QED) is 0.632. The fourth-order valence-electron chi connectivity index (χ4n) is 2.51. The van der Waals surface area contributed by atoms with E-state index in [0.717, 1.165) is 6.07 Å². The zero-order valence-corrected chi connectivity index (χ0v) is 15.7. The third kappa shape index (κ3) is 5.60. The second-order valence-electron chi connectivity index (χ2n) is 6.80. The van der Waals surface area contributed by atoms with Gasteiger partial charge in [-0.1, -0.05) is 19.9 Å². The molecule has 0 radical (unpaired) electrons. The van der Waals surface area contributed by atoms with E-state index in [1.165, 1.54) is 29.2 Å². The minimum Gasteiger partial charge on any atom is -0.507 e. The molecule has 0 heterocycles. The van der Waals surface area contributed by atoms with Crippen LogP contribution in [0.2, 0.25) is 0 Å². The zero-order chi connectivity index (χ0) is 20.8. The summed E-state index contributed by atoms with van der Waals surface area (Å²) in [5.74, 6) is -1.46. The lowest BCUT2D eigenvalue weighted by molar-refractivity contribution is 0.0997. The number of carbonyl (C=O) groups excluding carboxylic acids is 1. The number of carboxylic acid groups (broad SMARTS) is 1. The maximum absolute atomic E-state index is 14.4. The number of rotatable bonds is 8. The predicted octanol–water partition coefficient (Wildman–Crippen LogP) is 3.95. The first-order chi connectivity index (χ1) is 13.2. The van der Waals surface area contributed by atoms with Gasteiger partial charge in [-0.05, 0) is 42.2 Å². The van der Waals surface area contributed by atoms with Crippen LogP contribution in [0.3, 0.4) is 0 Å². The predicted molar refractivity (Wildman–Crippen MR) is 101 cm³/mol. The fourth-order valence-corrected chi connectivity index (χ4v) is 2.51. The molecule has 2 rings (SSSR count). The van der Waals surface area contributed by atoms with E-state index in [9.17, 15) is 24.2 Å². The van der Waals surface area contributed by atoms with E-state index in [1.807, 2.05) is 13.8 Å².